The maximum absolute atomic E-state index is 12.6. The van der Waals surface area contributed by atoms with Crippen molar-refractivity contribution in [2.75, 3.05) is 13.1 Å². The summed E-state index contributed by atoms with van der Waals surface area (Å²) in [6.07, 6.45) is 5.59. The van der Waals surface area contributed by atoms with Crippen molar-refractivity contribution in [3.8, 4) is 0 Å². The van der Waals surface area contributed by atoms with E-state index in [4.69, 9.17) is 0 Å². The third-order valence-corrected chi connectivity index (χ3v) is 5.64. The van der Waals surface area contributed by atoms with Crippen molar-refractivity contribution in [2.45, 2.75) is 45.2 Å². The zero-order valence-corrected chi connectivity index (χ0v) is 15.5. The molecule has 26 heavy (non-hydrogen) atoms. The maximum Gasteiger partial charge on any atom is 0.267 e. The Kier molecular flexibility index (Phi) is 4.64. The van der Waals surface area contributed by atoms with Crippen LogP contribution in [0.1, 0.15) is 43.6 Å². The van der Waals surface area contributed by atoms with Gasteiger partial charge in [0.05, 0.1) is 11.0 Å². The molecule has 1 aliphatic rings. The maximum atomic E-state index is 12.6. The number of pyridine rings is 1. The summed E-state index contributed by atoms with van der Waals surface area (Å²) in [7, 11) is 0. The first-order chi connectivity index (χ1) is 12.6. The Hall–Kier alpha value is -2.40. The molecule has 136 valence electrons. The summed E-state index contributed by atoms with van der Waals surface area (Å²) in [5, 5.41) is 5.15. The summed E-state index contributed by atoms with van der Waals surface area (Å²) in [5.74, 6) is -0.0532. The van der Waals surface area contributed by atoms with Crippen molar-refractivity contribution in [3.63, 3.8) is 0 Å². The van der Waals surface area contributed by atoms with Crippen LogP contribution >= 0.6 is 0 Å². The molecule has 1 aromatic carbocycles. The molecule has 3 heterocycles. The molecular formula is C21H26N4O. The molecule has 0 bridgehead atoms. The molecule has 1 fully saturated rings. The number of nitrogens with one attached hydrogen (secondary N) is 2. The second kappa shape index (κ2) is 7.08. The predicted octanol–water partition coefficient (Wildman–Crippen LogP) is 3.71. The smallest absolute Gasteiger partial charge is 0.267 e. The van der Waals surface area contributed by atoms with Gasteiger partial charge < -0.3 is 10.3 Å². The van der Waals surface area contributed by atoms with Crippen LogP contribution in [0.25, 0.3) is 21.8 Å². The lowest BCUT2D eigenvalue weighted by Crippen LogP contribution is -2.47. The Balaban J connectivity index is 1.45. The quantitative estimate of drug-likeness (QED) is 0.754. The van der Waals surface area contributed by atoms with Crippen LogP contribution in [0.4, 0.5) is 0 Å². The molecule has 0 unspecified atom stereocenters. The SMILES string of the molecule is C[C@@H]1CCC[C@H](C)N1CCNC(=O)c1cc2ccc3cccnc3c2[nH]1. The van der Waals surface area contributed by atoms with Crippen molar-refractivity contribution in [1.29, 1.82) is 0 Å². The minimum atomic E-state index is -0.0532. The van der Waals surface area contributed by atoms with Gasteiger partial charge in [-0.2, -0.15) is 0 Å². The number of rotatable bonds is 4. The Morgan fingerprint density at radius 2 is 2.00 bits per heavy atom. The normalized spacial score (nSPS) is 21.3. The van der Waals surface area contributed by atoms with Gasteiger partial charge in [0, 0.05) is 42.1 Å². The fourth-order valence-electron chi connectivity index (χ4n) is 4.17. The summed E-state index contributed by atoms with van der Waals surface area (Å²) in [6.45, 7) is 6.14. The van der Waals surface area contributed by atoms with E-state index >= 15 is 0 Å². The summed E-state index contributed by atoms with van der Waals surface area (Å²) >= 11 is 0. The highest BCUT2D eigenvalue weighted by Crippen LogP contribution is 2.24. The Morgan fingerprint density at radius 3 is 2.81 bits per heavy atom. The van der Waals surface area contributed by atoms with Crippen LogP contribution in [0, 0.1) is 0 Å². The number of piperidine rings is 1. The highest BCUT2D eigenvalue weighted by Gasteiger charge is 2.24. The monoisotopic (exact) mass is 350 g/mol. The fraction of sp³-hybridized carbons (Fsp3) is 0.429. The minimum absolute atomic E-state index is 0.0532. The summed E-state index contributed by atoms with van der Waals surface area (Å²) in [5.41, 5.74) is 2.42. The van der Waals surface area contributed by atoms with Gasteiger partial charge in [-0.3, -0.25) is 14.7 Å². The van der Waals surface area contributed by atoms with Crippen LogP contribution in [0.2, 0.25) is 0 Å². The molecule has 2 aromatic heterocycles. The zero-order valence-electron chi connectivity index (χ0n) is 15.5. The molecule has 2 N–H and O–H groups in total. The molecule has 1 saturated heterocycles. The molecule has 2 atom stereocenters. The van der Waals surface area contributed by atoms with Gasteiger partial charge >= 0.3 is 0 Å². The van der Waals surface area contributed by atoms with Gasteiger partial charge in [-0.25, -0.2) is 0 Å². The molecule has 5 heteroatoms. The number of benzene rings is 1. The molecule has 1 aliphatic heterocycles. The van der Waals surface area contributed by atoms with E-state index in [0.717, 1.165) is 28.4 Å². The number of nitrogens with zero attached hydrogens (tertiary/aromatic N) is 2. The predicted molar refractivity (Wildman–Crippen MR) is 105 cm³/mol. The number of fused-ring (bicyclic) bond motifs is 3. The van der Waals surface area contributed by atoms with E-state index in [1.54, 1.807) is 6.20 Å². The number of hydrogen-bond acceptors (Lipinski definition) is 3. The number of carbonyl (C=O) groups is 1. The number of aromatic nitrogens is 2. The molecule has 0 aliphatic carbocycles. The van der Waals surface area contributed by atoms with Crippen molar-refractivity contribution in [2.24, 2.45) is 0 Å². The van der Waals surface area contributed by atoms with Gasteiger partial charge in [0.2, 0.25) is 0 Å². The third-order valence-electron chi connectivity index (χ3n) is 5.64. The number of hydrogen-bond donors (Lipinski definition) is 2. The van der Waals surface area contributed by atoms with Crippen LogP contribution in [0.3, 0.4) is 0 Å². The molecule has 0 radical (unpaired) electrons. The first-order valence-electron chi connectivity index (χ1n) is 9.54. The number of aromatic amines is 1. The van der Waals surface area contributed by atoms with E-state index in [1.807, 2.05) is 30.3 Å². The van der Waals surface area contributed by atoms with E-state index in [-0.39, 0.29) is 5.91 Å². The van der Waals surface area contributed by atoms with Crippen molar-refractivity contribution < 1.29 is 4.79 Å². The highest BCUT2D eigenvalue weighted by atomic mass is 16.1. The number of amides is 1. The first-order valence-corrected chi connectivity index (χ1v) is 9.54. The lowest BCUT2D eigenvalue weighted by Gasteiger charge is -2.38. The Labute approximate surface area is 153 Å². The van der Waals surface area contributed by atoms with Crippen LogP contribution < -0.4 is 5.32 Å². The van der Waals surface area contributed by atoms with Gasteiger partial charge in [-0.05, 0) is 38.8 Å². The van der Waals surface area contributed by atoms with Crippen molar-refractivity contribution in [3.05, 3.63) is 42.2 Å². The fourth-order valence-corrected chi connectivity index (χ4v) is 4.17. The molecule has 5 nitrogen and oxygen atoms in total. The topological polar surface area (TPSA) is 61.0 Å². The molecule has 0 spiro atoms. The Bertz CT molecular complexity index is 922. The van der Waals surface area contributed by atoms with Crippen LogP contribution in [0.5, 0.6) is 0 Å². The summed E-state index contributed by atoms with van der Waals surface area (Å²) in [6, 6.07) is 11.1. The largest absolute Gasteiger partial charge is 0.349 e. The van der Waals surface area contributed by atoms with Crippen molar-refractivity contribution >= 4 is 27.7 Å². The van der Waals surface area contributed by atoms with Crippen LogP contribution in [0.15, 0.2) is 36.5 Å². The average molecular weight is 350 g/mol. The van der Waals surface area contributed by atoms with Gasteiger partial charge in [0.25, 0.3) is 5.91 Å². The van der Waals surface area contributed by atoms with Crippen LogP contribution in [-0.2, 0) is 0 Å². The van der Waals surface area contributed by atoms with E-state index < -0.39 is 0 Å². The van der Waals surface area contributed by atoms with Crippen molar-refractivity contribution in [1.82, 2.24) is 20.2 Å². The second-order valence-electron chi connectivity index (χ2n) is 7.41. The first kappa shape index (κ1) is 17.0. The number of H-pyrrole nitrogens is 1. The standard InChI is InChI=1S/C21H26N4O/c1-14-5-3-6-15(2)25(14)12-11-23-21(26)18-13-17-9-8-16-7-4-10-22-19(16)20(17)24-18/h4,7-10,13-15,24H,3,5-6,11-12H2,1-2H3,(H,23,26)/t14-,15+. The highest BCUT2D eigenvalue weighted by molar-refractivity contribution is 6.07. The number of likely N-dealkylation sites (tertiary alicyclic amines) is 1. The summed E-state index contributed by atoms with van der Waals surface area (Å²) < 4.78 is 0. The van der Waals surface area contributed by atoms with E-state index in [2.05, 4.69) is 34.0 Å². The van der Waals surface area contributed by atoms with E-state index in [9.17, 15) is 4.79 Å². The van der Waals surface area contributed by atoms with E-state index in [1.165, 1.54) is 19.3 Å². The summed E-state index contributed by atoms with van der Waals surface area (Å²) in [4.78, 5) is 22.8. The van der Waals surface area contributed by atoms with Gasteiger partial charge in [-0.1, -0.05) is 24.6 Å². The molecule has 4 rings (SSSR count). The molecule has 1 amide bonds. The molecular weight excluding hydrogens is 324 g/mol. The van der Waals surface area contributed by atoms with Crippen LogP contribution in [-0.4, -0.2) is 45.9 Å². The second-order valence-corrected chi connectivity index (χ2v) is 7.41. The zero-order chi connectivity index (χ0) is 18.1. The van der Waals surface area contributed by atoms with Gasteiger partial charge in [-0.15, -0.1) is 0 Å². The minimum Gasteiger partial charge on any atom is -0.349 e. The number of carbonyl (C=O) groups excluding carboxylic acids is 1. The lowest BCUT2D eigenvalue weighted by atomic mass is 9.98. The van der Waals surface area contributed by atoms with Gasteiger partial charge in [0.1, 0.15) is 5.69 Å². The average Bonchev–Trinajstić information content (AvgIpc) is 3.09. The Morgan fingerprint density at radius 1 is 1.23 bits per heavy atom. The third kappa shape index (κ3) is 3.19. The van der Waals surface area contributed by atoms with Gasteiger partial charge in [0.15, 0.2) is 0 Å². The molecule has 0 saturated carbocycles. The molecule has 3 aromatic rings. The lowest BCUT2D eigenvalue weighted by molar-refractivity contribution is 0.0886. The van der Waals surface area contributed by atoms with E-state index in [0.29, 0.717) is 24.3 Å².